The first kappa shape index (κ1) is 18.4. The maximum atomic E-state index is 2.22. The van der Waals surface area contributed by atoms with Gasteiger partial charge in [0.25, 0.3) is 0 Å². The normalized spacial score (nSPS) is 11.3. The van der Waals surface area contributed by atoms with Gasteiger partial charge in [-0.3, -0.25) is 0 Å². The molecule has 2 aromatic carbocycles. The van der Waals surface area contributed by atoms with Crippen LogP contribution < -0.4 is 0 Å². The molecule has 0 amide bonds. The van der Waals surface area contributed by atoms with Gasteiger partial charge in [-0.15, -0.1) is 0 Å². The van der Waals surface area contributed by atoms with Crippen LogP contribution in [-0.4, -0.2) is 0 Å². The van der Waals surface area contributed by atoms with Crippen LogP contribution in [-0.2, 0) is 31.9 Å². The van der Waals surface area contributed by atoms with E-state index in [1.54, 1.807) is 0 Å². The third kappa shape index (κ3) is 6.39. The maximum absolute atomic E-state index is 2.22. The third-order valence-corrected chi connectivity index (χ3v) is 3.06. The van der Waals surface area contributed by atoms with Crippen molar-refractivity contribution < 1.29 is 21.1 Å². The molecule has 0 saturated heterocycles. The molecule has 0 atom stereocenters. The Morgan fingerprint density at radius 1 is 0.526 bits per heavy atom. The molecule has 0 spiro atoms. The van der Waals surface area contributed by atoms with Gasteiger partial charge in [-0.1, -0.05) is 52.4 Å². The Labute approximate surface area is 133 Å². The predicted octanol–water partition coefficient (Wildman–Crippen LogP) is 5.40. The van der Waals surface area contributed by atoms with Crippen molar-refractivity contribution >= 4 is 0 Å². The van der Waals surface area contributed by atoms with Crippen LogP contribution >= 0.6 is 0 Å². The van der Waals surface area contributed by atoms with E-state index in [0.29, 0.717) is 10.8 Å². The van der Waals surface area contributed by atoms with Crippen LogP contribution in [0, 0.1) is 0 Å². The second-order valence-electron chi connectivity index (χ2n) is 6.85. The molecule has 2 aromatic rings. The Bertz CT molecular complexity index is 375. The van der Waals surface area contributed by atoms with Crippen LogP contribution in [0.4, 0.5) is 0 Å². The summed E-state index contributed by atoms with van der Waals surface area (Å²) in [5.74, 6) is 0. The zero-order valence-corrected chi connectivity index (χ0v) is 15.0. The predicted molar refractivity (Wildman–Crippen MR) is 81.5 cm³/mol. The Hall–Kier alpha value is -0.612. The summed E-state index contributed by atoms with van der Waals surface area (Å²) in [6, 6.07) is 17.0. The Morgan fingerprint density at radius 3 is 0.842 bits per heavy atom. The van der Waals surface area contributed by atoms with Gasteiger partial charge in [0, 0.05) is 0 Å². The molecule has 0 N–H and O–H groups in total. The van der Waals surface area contributed by atoms with Crippen LogP contribution in [0.15, 0.2) is 48.5 Å². The minimum Gasteiger partial charge on any atom is -0.213 e. The molecule has 1 heteroatoms. The summed E-state index contributed by atoms with van der Waals surface area (Å²) in [6.45, 7) is 13.3. The monoisotopic (exact) mass is 340 g/mol. The molecule has 0 fully saturated rings. The van der Waals surface area contributed by atoms with E-state index in [1.165, 1.54) is 11.1 Å². The molecular weight excluding hydrogens is 312 g/mol. The van der Waals surface area contributed by atoms with Crippen molar-refractivity contribution in [3.8, 4) is 0 Å². The standard InChI is InChI=1S/2C9H13.Mo/c2*1-9(2,3)8-6-4-5-7-8;/h2*4-7H,1-3H3;/q2*-1;+2. The van der Waals surface area contributed by atoms with Crippen LogP contribution in [0.3, 0.4) is 0 Å². The fraction of sp³-hybridized carbons (Fsp3) is 0.444. The van der Waals surface area contributed by atoms with E-state index in [1.807, 2.05) is 0 Å². The smallest absolute Gasteiger partial charge is 0.213 e. The van der Waals surface area contributed by atoms with E-state index < -0.39 is 0 Å². The molecular formula is C18H26Mo. The van der Waals surface area contributed by atoms with Gasteiger partial charge in [0.2, 0.25) is 0 Å². The summed E-state index contributed by atoms with van der Waals surface area (Å²) in [7, 11) is 0. The van der Waals surface area contributed by atoms with Gasteiger partial charge in [-0.05, 0) is 0 Å². The fourth-order valence-electron chi connectivity index (χ4n) is 1.75. The summed E-state index contributed by atoms with van der Waals surface area (Å²) in [4.78, 5) is 0. The van der Waals surface area contributed by atoms with Crippen LogP contribution in [0.1, 0.15) is 52.7 Å². The molecule has 19 heavy (non-hydrogen) atoms. The van der Waals surface area contributed by atoms with Gasteiger partial charge < -0.3 is 0 Å². The third-order valence-electron chi connectivity index (χ3n) is 3.06. The van der Waals surface area contributed by atoms with E-state index in [0.717, 1.165) is 0 Å². The summed E-state index contributed by atoms with van der Waals surface area (Å²) in [5, 5.41) is 0. The van der Waals surface area contributed by atoms with Gasteiger partial charge >= 0.3 is 21.1 Å². The Morgan fingerprint density at radius 2 is 0.737 bits per heavy atom. The van der Waals surface area contributed by atoms with E-state index in [4.69, 9.17) is 0 Å². The van der Waals surface area contributed by atoms with Gasteiger partial charge in [0.1, 0.15) is 0 Å². The fourth-order valence-corrected chi connectivity index (χ4v) is 1.75. The molecule has 0 nitrogen and oxygen atoms in total. The van der Waals surface area contributed by atoms with Crippen LogP contribution in [0.25, 0.3) is 0 Å². The SMILES string of the molecule is CC(C)(C)[c-]1cccc1.CC(C)(C)[c-]1cccc1.[Mo+2]. The molecule has 0 bridgehead atoms. The van der Waals surface area contributed by atoms with Gasteiger partial charge in [0.15, 0.2) is 0 Å². The molecule has 2 rings (SSSR count). The second kappa shape index (κ2) is 7.25. The number of hydrogen-bond donors (Lipinski definition) is 0. The van der Waals surface area contributed by atoms with Crippen molar-refractivity contribution in [3.05, 3.63) is 59.7 Å². The first-order valence-corrected chi connectivity index (χ1v) is 6.65. The molecule has 0 unspecified atom stereocenters. The summed E-state index contributed by atoms with van der Waals surface area (Å²) in [5.41, 5.74) is 3.48. The summed E-state index contributed by atoms with van der Waals surface area (Å²) in [6.07, 6.45) is 0. The van der Waals surface area contributed by atoms with E-state index in [9.17, 15) is 0 Å². The molecule has 104 valence electrons. The first-order valence-electron chi connectivity index (χ1n) is 6.65. The minimum atomic E-state index is 0. The van der Waals surface area contributed by atoms with Crippen molar-refractivity contribution in [2.24, 2.45) is 0 Å². The Kier molecular flexibility index (Phi) is 7.01. The quantitative estimate of drug-likeness (QED) is 0.445. The molecule has 0 aliphatic rings. The van der Waals surface area contributed by atoms with Crippen LogP contribution in [0.2, 0.25) is 0 Å². The zero-order valence-electron chi connectivity index (χ0n) is 13.0. The van der Waals surface area contributed by atoms with E-state index in [-0.39, 0.29) is 21.1 Å². The Balaban J connectivity index is 0.000000324. The first-order chi connectivity index (χ1) is 8.21. The molecule has 0 saturated carbocycles. The van der Waals surface area contributed by atoms with Crippen LogP contribution in [0.5, 0.6) is 0 Å². The second-order valence-corrected chi connectivity index (χ2v) is 6.85. The number of hydrogen-bond acceptors (Lipinski definition) is 0. The average Bonchev–Trinajstić information content (AvgIpc) is 2.91. The average molecular weight is 338 g/mol. The zero-order chi connectivity index (χ0) is 13.8. The number of rotatable bonds is 0. The molecule has 0 heterocycles. The van der Waals surface area contributed by atoms with Crippen molar-refractivity contribution in [1.82, 2.24) is 0 Å². The molecule has 0 radical (unpaired) electrons. The molecule has 0 aliphatic heterocycles. The minimum absolute atomic E-state index is 0. The van der Waals surface area contributed by atoms with Gasteiger partial charge in [0.05, 0.1) is 0 Å². The molecule has 0 aromatic heterocycles. The van der Waals surface area contributed by atoms with E-state index >= 15 is 0 Å². The molecule has 0 aliphatic carbocycles. The van der Waals surface area contributed by atoms with Gasteiger partial charge in [-0.2, -0.15) is 35.4 Å². The van der Waals surface area contributed by atoms with Crippen molar-refractivity contribution in [2.75, 3.05) is 0 Å². The van der Waals surface area contributed by atoms with Crippen molar-refractivity contribution in [1.29, 1.82) is 0 Å². The largest absolute Gasteiger partial charge is 2.00 e. The van der Waals surface area contributed by atoms with Crippen molar-refractivity contribution in [2.45, 2.75) is 52.4 Å². The van der Waals surface area contributed by atoms with Crippen molar-refractivity contribution in [3.63, 3.8) is 0 Å². The van der Waals surface area contributed by atoms with E-state index in [2.05, 4.69) is 90.1 Å². The summed E-state index contributed by atoms with van der Waals surface area (Å²) < 4.78 is 0. The topological polar surface area (TPSA) is 0 Å². The maximum Gasteiger partial charge on any atom is 2.00 e. The van der Waals surface area contributed by atoms with Gasteiger partial charge in [-0.25, -0.2) is 24.3 Å². The summed E-state index contributed by atoms with van der Waals surface area (Å²) >= 11 is 0.